The molecule has 2 N–H and O–H groups in total. The smallest absolute Gasteiger partial charge is 0.225 e. The standard InChI is InChI=1S/C17H30N2O.ClH/c1-2-12-6-8-19(9-7-12)17(20)15-10-13-4-3-5-14(11-15)16(13)18;/h12-16H,2-11,18H2,1H3;1H. The highest BCUT2D eigenvalue weighted by Crippen LogP contribution is 2.42. The van der Waals surface area contributed by atoms with E-state index in [4.69, 9.17) is 5.73 Å². The Bertz CT molecular complexity index is 341. The lowest BCUT2D eigenvalue weighted by Gasteiger charge is -2.45. The number of nitrogens with zero attached hydrogens (tertiary/aromatic N) is 1. The molecule has 4 heteroatoms. The summed E-state index contributed by atoms with van der Waals surface area (Å²) in [6.45, 7) is 4.26. The second-order valence-electron chi connectivity index (χ2n) is 7.37. The molecular weight excluding hydrogens is 284 g/mol. The predicted molar refractivity (Wildman–Crippen MR) is 88.4 cm³/mol. The maximum Gasteiger partial charge on any atom is 0.225 e. The summed E-state index contributed by atoms with van der Waals surface area (Å²) < 4.78 is 0. The molecule has 3 rings (SSSR count). The minimum atomic E-state index is 0. The molecule has 0 spiro atoms. The van der Waals surface area contributed by atoms with Crippen LogP contribution in [0, 0.1) is 23.7 Å². The van der Waals surface area contributed by atoms with E-state index in [-0.39, 0.29) is 18.3 Å². The van der Waals surface area contributed by atoms with Gasteiger partial charge in [0.1, 0.15) is 0 Å². The number of likely N-dealkylation sites (tertiary alicyclic amines) is 1. The van der Waals surface area contributed by atoms with Crippen LogP contribution in [0.3, 0.4) is 0 Å². The molecule has 3 fully saturated rings. The quantitative estimate of drug-likeness (QED) is 0.850. The molecule has 2 bridgehead atoms. The van der Waals surface area contributed by atoms with Gasteiger partial charge in [0.2, 0.25) is 5.91 Å². The predicted octanol–water partition coefficient (Wildman–Crippen LogP) is 3.21. The van der Waals surface area contributed by atoms with Gasteiger partial charge in [-0.25, -0.2) is 0 Å². The lowest BCUT2D eigenvalue weighted by atomic mass is 9.65. The largest absolute Gasteiger partial charge is 0.342 e. The van der Waals surface area contributed by atoms with E-state index < -0.39 is 0 Å². The van der Waals surface area contributed by atoms with Gasteiger partial charge < -0.3 is 10.6 Å². The van der Waals surface area contributed by atoms with Gasteiger partial charge in [-0.1, -0.05) is 19.8 Å². The van der Waals surface area contributed by atoms with Gasteiger partial charge in [-0.2, -0.15) is 0 Å². The Labute approximate surface area is 135 Å². The average molecular weight is 315 g/mol. The number of rotatable bonds is 2. The number of amides is 1. The first-order valence-corrected chi connectivity index (χ1v) is 8.73. The lowest BCUT2D eigenvalue weighted by molar-refractivity contribution is -0.140. The van der Waals surface area contributed by atoms with Crippen LogP contribution in [0.25, 0.3) is 0 Å². The van der Waals surface area contributed by atoms with Crippen molar-refractivity contribution in [2.24, 2.45) is 29.4 Å². The van der Waals surface area contributed by atoms with Crippen LogP contribution in [0.2, 0.25) is 0 Å². The van der Waals surface area contributed by atoms with Gasteiger partial charge in [0.15, 0.2) is 0 Å². The lowest BCUT2D eigenvalue weighted by Crippen LogP contribution is -2.50. The molecule has 1 heterocycles. The number of hydrogen-bond donors (Lipinski definition) is 1. The molecule has 3 aliphatic rings. The van der Waals surface area contributed by atoms with Crippen molar-refractivity contribution in [2.75, 3.05) is 13.1 Å². The zero-order valence-electron chi connectivity index (χ0n) is 13.3. The van der Waals surface area contributed by atoms with Gasteiger partial charge in [0, 0.05) is 25.0 Å². The van der Waals surface area contributed by atoms with Crippen LogP contribution in [0.5, 0.6) is 0 Å². The SMILES string of the molecule is CCC1CCN(C(=O)C2CC3CCCC(C2)C3N)CC1.Cl. The zero-order valence-corrected chi connectivity index (χ0v) is 14.1. The first-order chi connectivity index (χ1) is 9.69. The molecule has 0 aromatic heterocycles. The van der Waals surface area contributed by atoms with E-state index in [1.165, 1.54) is 38.5 Å². The molecular formula is C17H31ClN2O. The summed E-state index contributed by atoms with van der Waals surface area (Å²) >= 11 is 0. The number of hydrogen-bond acceptors (Lipinski definition) is 2. The van der Waals surface area contributed by atoms with Gasteiger partial charge in [0.05, 0.1) is 0 Å². The third-order valence-corrected chi connectivity index (χ3v) is 6.27. The molecule has 21 heavy (non-hydrogen) atoms. The number of carbonyl (C=O) groups excluding carboxylic acids is 1. The fourth-order valence-electron chi connectivity index (χ4n) is 4.81. The Morgan fingerprint density at radius 2 is 1.67 bits per heavy atom. The second kappa shape index (κ2) is 7.32. The summed E-state index contributed by atoms with van der Waals surface area (Å²) in [6, 6.07) is 0.374. The minimum absolute atomic E-state index is 0. The van der Waals surface area contributed by atoms with Gasteiger partial charge >= 0.3 is 0 Å². The average Bonchev–Trinajstić information content (AvgIpc) is 2.46. The van der Waals surface area contributed by atoms with Crippen LogP contribution in [-0.2, 0) is 4.79 Å². The molecule has 1 amide bonds. The highest BCUT2D eigenvalue weighted by atomic mass is 35.5. The third kappa shape index (κ3) is 3.56. The highest BCUT2D eigenvalue weighted by Gasteiger charge is 2.41. The summed E-state index contributed by atoms with van der Waals surface area (Å²) in [4.78, 5) is 14.9. The molecule has 122 valence electrons. The Kier molecular flexibility index (Phi) is 5.96. The van der Waals surface area contributed by atoms with E-state index in [1.807, 2.05) is 0 Å². The number of piperidine rings is 1. The van der Waals surface area contributed by atoms with Crippen molar-refractivity contribution in [1.82, 2.24) is 4.90 Å². The van der Waals surface area contributed by atoms with E-state index in [1.54, 1.807) is 0 Å². The molecule has 2 atom stereocenters. The Morgan fingerprint density at radius 3 is 2.19 bits per heavy atom. The van der Waals surface area contributed by atoms with E-state index in [0.717, 1.165) is 31.8 Å². The van der Waals surface area contributed by atoms with Crippen molar-refractivity contribution >= 4 is 18.3 Å². The molecule has 0 radical (unpaired) electrons. The van der Waals surface area contributed by atoms with Crippen LogP contribution in [0.15, 0.2) is 0 Å². The third-order valence-electron chi connectivity index (χ3n) is 6.27. The second-order valence-corrected chi connectivity index (χ2v) is 7.37. The van der Waals surface area contributed by atoms with Crippen molar-refractivity contribution in [1.29, 1.82) is 0 Å². The van der Waals surface area contributed by atoms with Crippen LogP contribution in [0.1, 0.15) is 58.3 Å². The molecule has 0 aromatic carbocycles. The van der Waals surface area contributed by atoms with E-state index in [9.17, 15) is 4.79 Å². The van der Waals surface area contributed by atoms with Crippen molar-refractivity contribution in [2.45, 2.75) is 64.3 Å². The number of fused-ring (bicyclic) bond motifs is 2. The van der Waals surface area contributed by atoms with E-state index >= 15 is 0 Å². The Morgan fingerprint density at radius 1 is 1.10 bits per heavy atom. The van der Waals surface area contributed by atoms with Crippen LogP contribution in [0.4, 0.5) is 0 Å². The molecule has 0 aromatic rings. The molecule has 1 aliphatic heterocycles. The van der Waals surface area contributed by atoms with Crippen LogP contribution >= 0.6 is 12.4 Å². The van der Waals surface area contributed by atoms with Crippen molar-refractivity contribution < 1.29 is 4.79 Å². The molecule has 2 saturated carbocycles. The fraction of sp³-hybridized carbons (Fsp3) is 0.941. The number of halogens is 1. The monoisotopic (exact) mass is 314 g/mol. The van der Waals surface area contributed by atoms with Crippen molar-refractivity contribution in [3.63, 3.8) is 0 Å². The zero-order chi connectivity index (χ0) is 14.1. The van der Waals surface area contributed by atoms with Crippen molar-refractivity contribution in [3.8, 4) is 0 Å². The first kappa shape index (κ1) is 17.1. The molecule has 2 unspecified atom stereocenters. The maximum atomic E-state index is 12.8. The number of carbonyl (C=O) groups is 1. The summed E-state index contributed by atoms with van der Waals surface area (Å²) in [5, 5.41) is 0. The first-order valence-electron chi connectivity index (χ1n) is 8.73. The van der Waals surface area contributed by atoms with Gasteiger partial charge in [-0.3, -0.25) is 4.79 Å². The number of nitrogens with two attached hydrogens (primary N) is 1. The van der Waals surface area contributed by atoms with Crippen molar-refractivity contribution in [3.05, 3.63) is 0 Å². The topological polar surface area (TPSA) is 46.3 Å². The van der Waals surface area contributed by atoms with Gasteiger partial charge in [-0.05, 0) is 56.3 Å². The van der Waals surface area contributed by atoms with Crippen LogP contribution < -0.4 is 5.73 Å². The Balaban J connectivity index is 0.00000161. The summed E-state index contributed by atoms with van der Waals surface area (Å²) in [7, 11) is 0. The fourth-order valence-corrected chi connectivity index (χ4v) is 4.81. The van der Waals surface area contributed by atoms with E-state index in [0.29, 0.717) is 23.8 Å². The van der Waals surface area contributed by atoms with E-state index in [2.05, 4.69) is 11.8 Å². The summed E-state index contributed by atoms with van der Waals surface area (Å²) in [6.07, 6.45) is 9.63. The summed E-state index contributed by atoms with van der Waals surface area (Å²) in [5.41, 5.74) is 6.34. The minimum Gasteiger partial charge on any atom is -0.342 e. The van der Waals surface area contributed by atoms with Crippen LogP contribution in [-0.4, -0.2) is 29.9 Å². The maximum absolute atomic E-state index is 12.8. The molecule has 2 aliphatic carbocycles. The molecule has 3 nitrogen and oxygen atoms in total. The molecule has 1 saturated heterocycles. The highest BCUT2D eigenvalue weighted by molar-refractivity contribution is 5.85. The van der Waals surface area contributed by atoms with Gasteiger partial charge in [-0.15, -0.1) is 12.4 Å². The van der Waals surface area contributed by atoms with Gasteiger partial charge in [0.25, 0.3) is 0 Å². The normalized spacial score (nSPS) is 37.0. The summed E-state index contributed by atoms with van der Waals surface area (Å²) in [5.74, 6) is 2.80. The Hall–Kier alpha value is -0.280.